The van der Waals surface area contributed by atoms with Crippen molar-refractivity contribution in [2.24, 2.45) is 11.3 Å². The highest BCUT2D eigenvalue weighted by Crippen LogP contribution is 2.43. The Morgan fingerprint density at radius 3 is 2.29 bits per heavy atom. The highest BCUT2D eigenvalue weighted by Gasteiger charge is 2.48. The van der Waals surface area contributed by atoms with Gasteiger partial charge in [-0.2, -0.15) is 0 Å². The Morgan fingerprint density at radius 1 is 0.943 bits per heavy atom. The SMILES string of the molecule is COc1ccc(CN2CCC3(CCN(CC4CN(C(C)C)CC4c4ccccc4)CC3)C2=O)cc1. The molecule has 3 fully saturated rings. The Morgan fingerprint density at radius 2 is 1.63 bits per heavy atom. The summed E-state index contributed by atoms with van der Waals surface area (Å²) in [7, 11) is 1.68. The van der Waals surface area contributed by atoms with Crippen molar-refractivity contribution in [3.63, 3.8) is 0 Å². The molecule has 0 bridgehead atoms. The number of rotatable bonds is 7. The van der Waals surface area contributed by atoms with Gasteiger partial charge in [0.15, 0.2) is 0 Å². The van der Waals surface area contributed by atoms with E-state index in [0.717, 1.165) is 57.7 Å². The molecule has 5 heteroatoms. The number of methoxy groups -OCH3 is 1. The van der Waals surface area contributed by atoms with E-state index in [0.29, 0.717) is 30.3 Å². The number of ether oxygens (including phenoxy) is 1. The van der Waals surface area contributed by atoms with Gasteiger partial charge in [0.25, 0.3) is 0 Å². The van der Waals surface area contributed by atoms with Crippen LogP contribution < -0.4 is 4.74 Å². The van der Waals surface area contributed by atoms with Crippen molar-refractivity contribution in [2.75, 3.05) is 46.4 Å². The minimum atomic E-state index is -0.137. The third kappa shape index (κ3) is 5.12. The van der Waals surface area contributed by atoms with E-state index in [4.69, 9.17) is 4.74 Å². The highest BCUT2D eigenvalue weighted by molar-refractivity contribution is 5.85. The average molecular weight is 476 g/mol. The number of amides is 1. The van der Waals surface area contributed by atoms with Crippen LogP contribution in [0.2, 0.25) is 0 Å². The van der Waals surface area contributed by atoms with Crippen LogP contribution in [0.3, 0.4) is 0 Å². The monoisotopic (exact) mass is 475 g/mol. The molecule has 3 heterocycles. The minimum absolute atomic E-state index is 0.137. The van der Waals surface area contributed by atoms with E-state index in [1.54, 1.807) is 7.11 Å². The van der Waals surface area contributed by atoms with Gasteiger partial charge in [-0.3, -0.25) is 9.69 Å². The predicted molar refractivity (Wildman–Crippen MR) is 141 cm³/mol. The van der Waals surface area contributed by atoms with Gasteiger partial charge in [0, 0.05) is 44.7 Å². The van der Waals surface area contributed by atoms with Crippen molar-refractivity contribution in [1.82, 2.24) is 14.7 Å². The van der Waals surface area contributed by atoms with Crippen molar-refractivity contribution < 1.29 is 9.53 Å². The molecule has 3 aliphatic rings. The molecule has 1 amide bonds. The quantitative estimate of drug-likeness (QED) is 0.585. The van der Waals surface area contributed by atoms with Crippen LogP contribution in [0, 0.1) is 11.3 Å². The molecule has 2 unspecified atom stereocenters. The van der Waals surface area contributed by atoms with Crippen LogP contribution >= 0.6 is 0 Å². The Hall–Kier alpha value is -2.37. The summed E-state index contributed by atoms with van der Waals surface area (Å²) in [5.74, 6) is 2.49. The van der Waals surface area contributed by atoms with Crippen LogP contribution in [0.4, 0.5) is 0 Å². The largest absolute Gasteiger partial charge is 0.497 e. The maximum atomic E-state index is 13.5. The van der Waals surface area contributed by atoms with Crippen molar-refractivity contribution in [2.45, 2.75) is 51.6 Å². The Kier molecular flexibility index (Phi) is 7.17. The van der Waals surface area contributed by atoms with Crippen LogP contribution in [0.1, 0.15) is 50.2 Å². The first-order valence-corrected chi connectivity index (χ1v) is 13.4. The standard InChI is InChI=1S/C30H41N3O2/c1-23(2)33-21-26(28(22-33)25-7-5-4-6-8-25)20-31-16-13-30(14-17-31)15-18-32(29(30)34)19-24-9-11-27(35-3)12-10-24/h4-12,23,26,28H,13-22H2,1-3H3. The average Bonchev–Trinajstić information content (AvgIpc) is 3.44. The molecule has 2 aromatic rings. The second-order valence-electron chi connectivity index (χ2n) is 11.2. The summed E-state index contributed by atoms with van der Waals surface area (Å²) in [6.07, 6.45) is 3.01. The second kappa shape index (κ2) is 10.3. The molecule has 0 aromatic heterocycles. The molecule has 188 valence electrons. The number of nitrogens with zero attached hydrogens (tertiary/aromatic N) is 3. The van der Waals surface area contributed by atoms with Gasteiger partial charge in [0.2, 0.25) is 5.91 Å². The van der Waals surface area contributed by atoms with Crippen LogP contribution in [0.5, 0.6) is 5.75 Å². The minimum Gasteiger partial charge on any atom is -0.497 e. The summed E-state index contributed by atoms with van der Waals surface area (Å²) in [4.78, 5) is 20.9. The van der Waals surface area contributed by atoms with Gasteiger partial charge in [-0.1, -0.05) is 42.5 Å². The zero-order valence-electron chi connectivity index (χ0n) is 21.7. The molecule has 0 radical (unpaired) electrons. The normalized spacial score (nSPS) is 25.1. The van der Waals surface area contributed by atoms with Crippen molar-refractivity contribution in [1.29, 1.82) is 0 Å². The summed E-state index contributed by atoms with van der Waals surface area (Å²) >= 11 is 0. The maximum absolute atomic E-state index is 13.5. The van der Waals surface area contributed by atoms with Crippen LogP contribution in [0.25, 0.3) is 0 Å². The van der Waals surface area contributed by atoms with E-state index in [-0.39, 0.29) is 5.41 Å². The number of carbonyl (C=O) groups is 1. The summed E-state index contributed by atoms with van der Waals surface area (Å²) in [6.45, 7) is 11.8. The van der Waals surface area contributed by atoms with E-state index in [9.17, 15) is 4.79 Å². The highest BCUT2D eigenvalue weighted by atomic mass is 16.5. The molecule has 0 aliphatic carbocycles. The van der Waals surface area contributed by atoms with E-state index in [2.05, 4.69) is 71.0 Å². The number of likely N-dealkylation sites (tertiary alicyclic amines) is 3. The van der Waals surface area contributed by atoms with E-state index >= 15 is 0 Å². The van der Waals surface area contributed by atoms with Gasteiger partial charge < -0.3 is 14.5 Å². The number of carbonyl (C=O) groups excluding carboxylic acids is 1. The number of hydrogen-bond acceptors (Lipinski definition) is 4. The third-order valence-corrected chi connectivity index (χ3v) is 8.87. The van der Waals surface area contributed by atoms with Gasteiger partial charge in [-0.15, -0.1) is 0 Å². The van der Waals surface area contributed by atoms with Gasteiger partial charge >= 0.3 is 0 Å². The Bertz CT molecular complexity index is 982. The molecule has 0 N–H and O–H groups in total. The van der Waals surface area contributed by atoms with Crippen LogP contribution in [0.15, 0.2) is 54.6 Å². The fourth-order valence-corrected chi connectivity index (χ4v) is 6.54. The first kappa shape index (κ1) is 24.3. The Labute approximate surface area is 211 Å². The lowest BCUT2D eigenvalue weighted by molar-refractivity contribution is -0.139. The number of benzene rings is 2. The molecule has 5 nitrogen and oxygen atoms in total. The molecule has 2 aromatic carbocycles. The summed E-state index contributed by atoms with van der Waals surface area (Å²) < 4.78 is 5.27. The first-order valence-electron chi connectivity index (χ1n) is 13.4. The van der Waals surface area contributed by atoms with Crippen molar-refractivity contribution in [3.05, 3.63) is 65.7 Å². The molecular weight excluding hydrogens is 434 g/mol. The van der Waals surface area contributed by atoms with Gasteiger partial charge in [-0.05, 0) is 75.4 Å². The Balaban J connectivity index is 1.18. The summed E-state index contributed by atoms with van der Waals surface area (Å²) in [6, 6.07) is 19.8. The van der Waals surface area contributed by atoms with Crippen molar-refractivity contribution in [3.8, 4) is 5.75 Å². The molecule has 0 saturated carbocycles. The molecule has 5 rings (SSSR count). The van der Waals surface area contributed by atoms with Crippen LogP contribution in [-0.4, -0.2) is 73.0 Å². The zero-order chi connectivity index (χ0) is 24.4. The van der Waals surface area contributed by atoms with Gasteiger partial charge in [-0.25, -0.2) is 0 Å². The fraction of sp³-hybridized carbons (Fsp3) is 0.567. The number of piperidine rings is 1. The van der Waals surface area contributed by atoms with Crippen molar-refractivity contribution >= 4 is 5.91 Å². The molecule has 2 atom stereocenters. The predicted octanol–water partition coefficient (Wildman–Crippen LogP) is 4.63. The third-order valence-electron chi connectivity index (χ3n) is 8.87. The van der Waals surface area contributed by atoms with E-state index in [1.165, 1.54) is 17.7 Å². The van der Waals surface area contributed by atoms with E-state index in [1.807, 2.05) is 12.1 Å². The lowest BCUT2D eigenvalue weighted by Gasteiger charge is -2.39. The fourth-order valence-electron chi connectivity index (χ4n) is 6.54. The molecule has 3 aliphatic heterocycles. The molecule has 3 saturated heterocycles. The summed E-state index contributed by atoms with van der Waals surface area (Å²) in [5.41, 5.74) is 2.52. The molecular formula is C30H41N3O2. The molecule has 35 heavy (non-hydrogen) atoms. The zero-order valence-corrected chi connectivity index (χ0v) is 21.7. The first-order chi connectivity index (χ1) is 17.0. The summed E-state index contributed by atoms with van der Waals surface area (Å²) in [5, 5.41) is 0. The van der Waals surface area contributed by atoms with Gasteiger partial charge in [0.05, 0.1) is 12.5 Å². The second-order valence-corrected chi connectivity index (χ2v) is 11.2. The smallest absolute Gasteiger partial charge is 0.229 e. The maximum Gasteiger partial charge on any atom is 0.229 e. The lowest BCUT2D eigenvalue weighted by Crippen LogP contribution is -2.46. The van der Waals surface area contributed by atoms with Crippen LogP contribution in [-0.2, 0) is 11.3 Å². The van der Waals surface area contributed by atoms with E-state index < -0.39 is 0 Å². The molecule has 1 spiro atoms. The van der Waals surface area contributed by atoms with Gasteiger partial charge in [0.1, 0.15) is 5.75 Å². The lowest BCUT2D eigenvalue weighted by atomic mass is 9.76. The topological polar surface area (TPSA) is 36.0 Å². The number of hydrogen-bond donors (Lipinski definition) is 0.